The van der Waals surface area contributed by atoms with Crippen molar-refractivity contribution in [2.24, 2.45) is 5.41 Å². The second-order valence-corrected chi connectivity index (χ2v) is 7.31. The molecular weight excluding hydrogens is 176 g/mol. The molecule has 1 atom stereocenters. The van der Waals surface area contributed by atoms with Crippen molar-refractivity contribution in [1.29, 1.82) is 0 Å². The summed E-state index contributed by atoms with van der Waals surface area (Å²) in [5.41, 5.74) is 0.354. The average Bonchev–Trinajstić information content (AvgIpc) is 1.82. The Hall–Kier alpha value is 0.137. The Morgan fingerprint density at radius 2 is 1.38 bits per heavy atom. The molecule has 0 saturated carbocycles. The Morgan fingerprint density at radius 1 is 1.00 bits per heavy atom. The molecule has 0 spiro atoms. The van der Waals surface area contributed by atoms with Gasteiger partial charge in [0.15, 0.2) is 0 Å². The minimum atomic E-state index is 0.354. The molecule has 0 radical (unpaired) electrons. The Kier molecular flexibility index (Phi) is 4.15. The largest absolute Gasteiger partial charge is 0.308 e. The first-order chi connectivity index (χ1) is 5.61. The van der Waals surface area contributed by atoms with E-state index in [-0.39, 0.29) is 0 Å². The third-order valence-corrected chi connectivity index (χ3v) is 5.94. The molecule has 3 heteroatoms. The average molecular weight is 202 g/mol. The standard InChI is InChI=1S/C10H26N2Si/c1-9(2,3)10(13,12(6)7)8-11(4)5/h8H2,1-7,13H3. The smallest absolute Gasteiger partial charge is 0.0307 e. The quantitative estimate of drug-likeness (QED) is 0.604. The molecule has 0 aromatic carbocycles. The van der Waals surface area contributed by atoms with Crippen molar-refractivity contribution >= 4 is 10.2 Å². The van der Waals surface area contributed by atoms with Crippen molar-refractivity contribution in [1.82, 2.24) is 9.80 Å². The van der Waals surface area contributed by atoms with Crippen LogP contribution in [0.3, 0.4) is 0 Å². The van der Waals surface area contributed by atoms with Crippen LogP contribution in [0.5, 0.6) is 0 Å². The zero-order chi connectivity index (χ0) is 10.9. The second kappa shape index (κ2) is 4.11. The lowest BCUT2D eigenvalue weighted by atomic mass is 9.84. The van der Waals surface area contributed by atoms with E-state index < -0.39 is 0 Å². The Bertz CT molecular complexity index is 161. The maximum atomic E-state index is 2.39. The molecule has 0 aliphatic carbocycles. The second-order valence-electron chi connectivity index (χ2n) is 5.66. The van der Waals surface area contributed by atoms with E-state index in [1.54, 1.807) is 0 Å². The molecule has 0 aliphatic heterocycles. The normalized spacial score (nSPS) is 18.2. The van der Waals surface area contributed by atoms with Crippen molar-refractivity contribution in [2.75, 3.05) is 34.7 Å². The zero-order valence-corrected chi connectivity index (χ0v) is 12.6. The molecule has 2 nitrogen and oxygen atoms in total. The number of nitrogens with zero attached hydrogens (tertiary/aromatic N) is 2. The van der Waals surface area contributed by atoms with E-state index in [2.05, 4.69) is 58.8 Å². The molecule has 0 N–H and O–H groups in total. The highest BCUT2D eigenvalue weighted by molar-refractivity contribution is 6.16. The van der Waals surface area contributed by atoms with E-state index >= 15 is 0 Å². The molecule has 0 aromatic rings. The van der Waals surface area contributed by atoms with Gasteiger partial charge in [0, 0.05) is 21.9 Å². The lowest BCUT2D eigenvalue weighted by molar-refractivity contribution is 0.0801. The van der Waals surface area contributed by atoms with Crippen LogP contribution in [0.4, 0.5) is 0 Å². The van der Waals surface area contributed by atoms with E-state index in [9.17, 15) is 0 Å². The summed E-state index contributed by atoms with van der Waals surface area (Å²) in [6.45, 7) is 8.16. The van der Waals surface area contributed by atoms with Crippen LogP contribution in [0.25, 0.3) is 0 Å². The first kappa shape index (κ1) is 13.1. The first-order valence-corrected chi connectivity index (χ1v) is 5.93. The van der Waals surface area contributed by atoms with Crippen molar-refractivity contribution in [3.63, 3.8) is 0 Å². The van der Waals surface area contributed by atoms with Crippen LogP contribution in [0.2, 0.25) is 0 Å². The number of hydrogen-bond donors (Lipinski definition) is 0. The molecule has 0 aliphatic rings. The number of rotatable bonds is 3. The molecule has 0 aromatic heterocycles. The van der Waals surface area contributed by atoms with E-state index in [1.807, 2.05) is 0 Å². The summed E-state index contributed by atoms with van der Waals surface area (Å²) in [7, 11) is 9.90. The first-order valence-electron chi connectivity index (χ1n) is 4.93. The minimum absolute atomic E-state index is 0.354. The zero-order valence-electron chi connectivity index (χ0n) is 10.6. The van der Waals surface area contributed by atoms with Gasteiger partial charge in [-0.05, 0) is 33.6 Å². The van der Waals surface area contributed by atoms with Crippen LogP contribution in [0.15, 0.2) is 0 Å². The van der Waals surface area contributed by atoms with Gasteiger partial charge in [0.1, 0.15) is 0 Å². The van der Waals surface area contributed by atoms with Crippen LogP contribution >= 0.6 is 0 Å². The molecule has 0 heterocycles. The molecular formula is C10H26N2Si. The molecule has 0 fully saturated rings. The summed E-state index contributed by atoms with van der Waals surface area (Å²) < 4.78 is 0. The highest BCUT2D eigenvalue weighted by Gasteiger charge is 2.39. The summed E-state index contributed by atoms with van der Waals surface area (Å²) in [5.74, 6) is 0. The van der Waals surface area contributed by atoms with Crippen molar-refractivity contribution in [3.05, 3.63) is 0 Å². The predicted molar refractivity (Wildman–Crippen MR) is 64.4 cm³/mol. The topological polar surface area (TPSA) is 6.48 Å². The maximum Gasteiger partial charge on any atom is 0.0307 e. The van der Waals surface area contributed by atoms with Gasteiger partial charge >= 0.3 is 0 Å². The van der Waals surface area contributed by atoms with E-state index in [0.29, 0.717) is 10.6 Å². The Morgan fingerprint density at radius 3 is 1.46 bits per heavy atom. The van der Waals surface area contributed by atoms with Crippen molar-refractivity contribution < 1.29 is 0 Å². The number of hydrogen-bond acceptors (Lipinski definition) is 2. The van der Waals surface area contributed by atoms with Gasteiger partial charge < -0.3 is 9.80 Å². The van der Waals surface area contributed by atoms with Gasteiger partial charge in [0.2, 0.25) is 0 Å². The third kappa shape index (κ3) is 3.08. The molecule has 80 valence electrons. The highest BCUT2D eigenvalue weighted by Crippen LogP contribution is 2.31. The van der Waals surface area contributed by atoms with Crippen molar-refractivity contribution in [3.8, 4) is 0 Å². The molecule has 13 heavy (non-hydrogen) atoms. The molecule has 0 rings (SSSR count). The lowest BCUT2D eigenvalue weighted by Gasteiger charge is -2.48. The molecule has 1 unspecified atom stereocenters. The van der Waals surface area contributed by atoms with Crippen LogP contribution in [-0.2, 0) is 0 Å². The fourth-order valence-corrected chi connectivity index (χ4v) is 2.30. The van der Waals surface area contributed by atoms with Gasteiger partial charge in [-0.3, -0.25) is 0 Å². The van der Waals surface area contributed by atoms with Gasteiger partial charge in [0.25, 0.3) is 0 Å². The highest BCUT2D eigenvalue weighted by atomic mass is 28.1. The SMILES string of the molecule is CN(C)CC([SiH3])(N(C)C)C(C)(C)C. The summed E-state index contributed by atoms with van der Waals surface area (Å²) in [4.78, 5) is 4.68. The Labute approximate surface area is 86.7 Å². The molecule has 0 amide bonds. The number of likely N-dealkylation sites (N-methyl/N-ethyl adjacent to an activating group) is 2. The van der Waals surface area contributed by atoms with Gasteiger partial charge in [0.05, 0.1) is 0 Å². The fourth-order valence-electron chi connectivity index (χ4n) is 1.67. The van der Waals surface area contributed by atoms with E-state index in [1.165, 1.54) is 10.2 Å². The van der Waals surface area contributed by atoms with Gasteiger partial charge in [-0.2, -0.15) is 0 Å². The van der Waals surface area contributed by atoms with E-state index in [0.717, 1.165) is 6.54 Å². The molecule has 0 bridgehead atoms. The van der Waals surface area contributed by atoms with Gasteiger partial charge in [-0.15, -0.1) is 0 Å². The summed E-state index contributed by atoms with van der Waals surface area (Å²) in [6.07, 6.45) is 0. The molecule has 0 saturated heterocycles. The monoisotopic (exact) mass is 202 g/mol. The van der Waals surface area contributed by atoms with Crippen LogP contribution in [-0.4, -0.2) is 59.9 Å². The van der Waals surface area contributed by atoms with Crippen LogP contribution in [0.1, 0.15) is 20.8 Å². The fraction of sp³-hybridized carbons (Fsp3) is 1.00. The Balaban J connectivity index is 4.74. The third-order valence-electron chi connectivity index (χ3n) is 3.23. The van der Waals surface area contributed by atoms with Crippen LogP contribution in [0, 0.1) is 5.41 Å². The van der Waals surface area contributed by atoms with Crippen molar-refractivity contribution in [2.45, 2.75) is 25.9 Å². The summed E-state index contributed by atoms with van der Waals surface area (Å²) in [5, 5.41) is 0.358. The predicted octanol–water partition coefficient (Wildman–Crippen LogP) is 0.217. The lowest BCUT2D eigenvalue weighted by Crippen LogP contribution is -2.60. The summed E-state index contributed by atoms with van der Waals surface area (Å²) in [6, 6.07) is 0. The minimum Gasteiger partial charge on any atom is -0.308 e. The van der Waals surface area contributed by atoms with E-state index in [4.69, 9.17) is 0 Å². The van der Waals surface area contributed by atoms with Gasteiger partial charge in [-0.1, -0.05) is 20.8 Å². The van der Waals surface area contributed by atoms with Gasteiger partial charge in [-0.25, -0.2) is 0 Å². The maximum absolute atomic E-state index is 2.39. The summed E-state index contributed by atoms with van der Waals surface area (Å²) >= 11 is 0. The van der Waals surface area contributed by atoms with Crippen LogP contribution < -0.4 is 0 Å².